The Hall–Kier alpha value is -2.99. The number of ether oxygens (including phenoxy) is 6. The van der Waals surface area contributed by atoms with E-state index in [-0.39, 0.29) is 70.4 Å². The Kier molecular flexibility index (Phi) is 20.4. The maximum Gasteiger partial charge on any atom is 0.311 e. The molecule has 0 spiro atoms. The smallest absolute Gasteiger partial charge is 0.311 e. The number of rotatable bonds is 25. The van der Waals surface area contributed by atoms with Gasteiger partial charge in [0.25, 0.3) is 10.1 Å². The molecule has 3 saturated heterocycles. The van der Waals surface area contributed by atoms with E-state index < -0.39 is 73.5 Å². The van der Waals surface area contributed by atoms with Crippen LogP contribution in [0.4, 0.5) is 0 Å². The minimum Gasteiger partial charge on any atom is -0.465 e. The van der Waals surface area contributed by atoms with Crippen molar-refractivity contribution in [3.63, 3.8) is 0 Å². The van der Waals surface area contributed by atoms with Crippen molar-refractivity contribution in [1.82, 2.24) is 0 Å². The normalized spacial score (nSPS) is 25.3. The Morgan fingerprint density at radius 1 is 0.901 bits per heavy atom. The van der Waals surface area contributed by atoms with Crippen LogP contribution in [0.5, 0.6) is 0 Å². The van der Waals surface area contributed by atoms with E-state index in [0.717, 1.165) is 11.1 Å². The number of carbonyl (C=O) groups excluding carboxylic acids is 1. The lowest BCUT2D eigenvalue weighted by Gasteiger charge is -2.29. The quantitative estimate of drug-likeness (QED) is 0.0432. The average molecular weight is 1030 g/mol. The number of aliphatic hydroxyl groups is 1. The summed E-state index contributed by atoms with van der Waals surface area (Å²) in [7, 11) is -6.62. The number of aliphatic hydroxyl groups excluding tert-OH is 1. The highest BCUT2D eigenvalue weighted by molar-refractivity contribution is 7.91. The Bertz CT molecular complexity index is 2300. The summed E-state index contributed by atoms with van der Waals surface area (Å²) in [5.74, 6) is -2.44. The van der Waals surface area contributed by atoms with Crippen LogP contribution in [0.15, 0.2) is 76.6 Å². The first-order valence-corrected chi connectivity index (χ1v) is 28.8. The van der Waals surface area contributed by atoms with Gasteiger partial charge in [0, 0.05) is 25.9 Å². The summed E-state index contributed by atoms with van der Waals surface area (Å²) in [5.41, 5.74) is 3.24. The van der Waals surface area contributed by atoms with Crippen molar-refractivity contribution in [3.05, 3.63) is 83.5 Å². The van der Waals surface area contributed by atoms with Gasteiger partial charge < -0.3 is 33.5 Å². The number of sulfone groups is 1. The van der Waals surface area contributed by atoms with Gasteiger partial charge in [-0.25, -0.2) is 8.42 Å². The van der Waals surface area contributed by atoms with Crippen molar-refractivity contribution in [2.75, 3.05) is 26.1 Å². The summed E-state index contributed by atoms with van der Waals surface area (Å²) in [6.45, 7) is 32.5. The van der Waals surface area contributed by atoms with E-state index in [4.69, 9.17) is 32.6 Å². The van der Waals surface area contributed by atoms with Crippen LogP contribution in [0.3, 0.4) is 0 Å². The number of esters is 1. The van der Waals surface area contributed by atoms with Crippen LogP contribution < -0.4 is 0 Å². The third-order valence-electron chi connectivity index (χ3n) is 14.3. The number of hydrogen-bond acceptors (Lipinski definition) is 13. The molecule has 1 N–H and O–H groups in total. The van der Waals surface area contributed by atoms with Crippen LogP contribution in [0, 0.1) is 17.3 Å². The SMILES string of the molecule is C=C(C(C)CC(CC[C@@H]1O[C@@H](CCCOC(=O)C(C)(C)C)CC1=C)OS(=O)(=O)c1c(C(C)C)cc(C(C)C)cc1C(C)C)C(O)C[C@@H]1O[C@H](C[C@H]2COC(C)(C)O2)[C@H](OC)[C@H]1CS(=O)(=O)c1ccccc1. The highest BCUT2D eigenvalue weighted by Gasteiger charge is 2.49. The lowest BCUT2D eigenvalue weighted by Crippen LogP contribution is -2.37. The number of benzene rings is 2. The van der Waals surface area contributed by atoms with Gasteiger partial charge in [-0.2, -0.15) is 8.42 Å². The summed E-state index contributed by atoms with van der Waals surface area (Å²) >= 11 is 0. The van der Waals surface area contributed by atoms with Gasteiger partial charge in [0.05, 0.1) is 78.1 Å². The molecule has 3 unspecified atom stereocenters. The largest absolute Gasteiger partial charge is 0.465 e. The maximum atomic E-state index is 14.9. The molecule has 0 aliphatic carbocycles. The monoisotopic (exact) mass is 1030 g/mol. The average Bonchev–Trinajstić information content (AvgIpc) is 3.93. The summed E-state index contributed by atoms with van der Waals surface area (Å²) in [6, 6.07) is 12.2. The van der Waals surface area contributed by atoms with Crippen LogP contribution in [-0.4, -0.2) is 109 Å². The highest BCUT2D eigenvalue weighted by atomic mass is 32.2. The first-order valence-electron chi connectivity index (χ1n) is 25.8. The predicted octanol–water partition coefficient (Wildman–Crippen LogP) is 10.7. The number of hydrogen-bond donors (Lipinski definition) is 1. The summed E-state index contributed by atoms with van der Waals surface area (Å²) in [5, 5.41) is 12.1. The third-order valence-corrected chi connectivity index (χ3v) is 17.6. The minimum atomic E-state index is -4.35. The fourth-order valence-electron chi connectivity index (χ4n) is 10.1. The number of methoxy groups -OCH3 is 1. The lowest BCUT2D eigenvalue weighted by molar-refractivity contribution is -0.153. The molecule has 400 valence electrons. The zero-order valence-electron chi connectivity index (χ0n) is 44.9. The number of carbonyl (C=O) groups is 1. The first-order chi connectivity index (χ1) is 33.0. The van der Waals surface area contributed by atoms with Gasteiger partial charge in [0.1, 0.15) is 4.90 Å². The van der Waals surface area contributed by atoms with Gasteiger partial charge >= 0.3 is 5.97 Å². The topological polar surface area (TPSA) is 170 Å². The summed E-state index contributed by atoms with van der Waals surface area (Å²) in [4.78, 5) is 12.7. The Morgan fingerprint density at radius 2 is 1.54 bits per heavy atom. The second-order valence-corrected chi connectivity index (χ2v) is 26.2. The van der Waals surface area contributed by atoms with E-state index in [1.54, 1.807) is 37.4 Å². The second kappa shape index (κ2) is 24.6. The summed E-state index contributed by atoms with van der Waals surface area (Å²) < 4.78 is 101. The molecule has 0 bridgehead atoms. The zero-order valence-corrected chi connectivity index (χ0v) is 46.5. The van der Waals surface area contributed by atoms with E-state index >= 15 is 0 Å². The van der Waals surface area contributed by atoms with E-state index in [0.29, 0.717) is 68.4 Å². The zero-order chi connectivity index (χ0) is 52.8. The fraction of sp³-hybridized carbons (Fsp3) is 0.696. The van der Waals surface area contributed by atoms with Crippen LogP contribution in [0.2, 0.25) is 0 Å². The molecular formula is C56H86O13S2. The molecule has 0 amide bonds. The van der Waals surface area contributed by atoms with Crippen molar-refractivity contribution in [2.45, 2.75) is 217 Å². The molecule has 5 rings (SSSR count). The van der Waals surface area contributed by atoms with Crippen molar-refractivity contribution >= 4 is 25.9 Å². The van der Waals surface area contributed by atoms with Gasteiger partial charge in [-0.3, -0.25) is 8.98 Å². The second-order valence-electron chi connectivity index (χ2n) is 22.7. The van der Waals surface area contributed by atoms with Crippen molar-refractivity contribution in [3.8, 4) is 0 Å². The van der Waals surface area contributed by atoms with Crippen molar-refractivity contribution in [2.24, 2.45) is 17.3 Å². The molecule has 3 heterocycles. The van der Waals surface area contributed by atoms with Gasteiger partial charge in [-0.15, -0.1) is 0 Å². The lowest BCUT2D eigenvalue weighted by atomic mass is 9.86. The Balaban J connectivity index is 1.38. The Labute approximate surface area is 426 Å². The molecule has 3 fully saturated rings. The van der Waals surface area contributed by atoms with E-state index in [1.165, 1.54) is 0 Å². The molecule has 10 atom stereocenters. The van der Waals surface area contributed by atoms with E-state index in [2.05, 4.69) is 27.0 Å². The third kappa shape index (κ3) is 15.8. The van der Waals surface area contributed by atoms with E-state index in [1.807, 2.05) is 81.4 Å². The molecule has 0 radical (unpaired) electrons. The molecule has 3 aliphatic rings. The summed E-state index contributed by atoms with van der Waals surface area (Å²) in [6.07, 6.45) is -1.39. The molecule has 3 aliphatic heterocycles. The highest BCUT2D eigenvalue weighted by Crippen LogP contribution is 2.41. The van der Waals surface area contributed by atoms with Crippen molar-refractivity contribution < 1.29 is 59.3 Å². The molecule has 2 aromatic carbocycles. The molecule has 0 aromatic heterocycles. The molecular weight excluding hydrogens is 945 g/mol. The maximum absolute atomic E-state index is 14.9. The van der Waals surface area contributed by atoms with Gasteiger partial charge in [0.15, 0.2) is 15.6 Å². The van der Waals surface area contributed by atoms with Gasteiger partial charge in [-0.1, -0.05) is 92.0 Å². The van der Waals surface area contributed by atoms with E-state index in [9.17, 15) is 26.7 Å². The van der Waals surface area contributed by atoms with Crippen LogP contribution in [0.1, 0.15) is 169 Å². The Morgan fingerprint density at radius 3 is 2.08 bits per heavy atom. The fourth-order valence-corrected chi connectivity index (χ4v) is 13.6. The molecule has 2 aromatic rings. The van der Waals surface area contributed by atoms with Crippen LogP contribution in [-0.2, 0) is 57.4 Å². The molecule has 13 nitrogen and oxygen atoms in total. The van der Waals surface area contributed by atoms with Crippen LogP contribution in [0.25, 0.3) is 0 Å². The standard InChI is InChI=1S/C56H86O13S2/c1-34(2)40-28-45(35(3)4)53(46(29-40)36(5)6)71(61,62)69-42(23-24-49-38(8)27-41(66-49)20-19-25-64-54(58)55(10,11)12)26-37(7)39(9)48(57)31-50-47(33-70(59,60)44-21-17-16-18-22-44)52(63-15)51(67-50)30-43-32-65-56(13,14)68-43/h16-18,21-22,28-29,34-37,41-43,47-52,57H,8-9,19-20,23-27,30-33H2,1-7,10-15H3/t37?,41-,42?,43-,47-,48?,49-,50-,51+,52+/m0/s1. The van der Waals surface area contributed by atoms with Gasteiger partial charge in [0.2, 0.25) is 0 Å². The molecule has 15 heteroatoms. The van der Waals surface area contributed by atoms with Crippen LogP contribution >= 0.6 is 0 Å². The predicted molar refractivity (Wildman–Crippen MR) is 277 cm³/mol. The first kappa shape index (κ1) is 58.9. The molecule has 0 saturated carbocycles. The van der Waals surface area contributed by atoms with Gasteiger partial charge in [-0.05, 0) is 137 Å². The molecule has 71 heavy (non-hydrogen) atoms. The minimum absolute atomic E-state index is 0.0239. The van der Waals surface area contributed by atoms with Crippen molar-refractivity contribution in [1.29, 1.82) is 0 Å².